The van der Waals surface area contributed by atoms with E-state index in [-0.39, 0.29) is 0 Å². The zero-order chi connectivity index (χ0) is 13.1. The van der Waals surface area contributed by atoms with Crippen LogP contribution in [0.15, 0.2) is 30.6 Å². The molecular weight excluding hydrogens is 246 g/mol. The highest BCUT2D eigenvalue weighted by atomic mass is 35.5. The molecule has 18 heavy (non-hydrogen) atoms. The van der Waals surface area contributed by atoms with Crippen LogP contribution in [0.3, 0.4) is 0 Å². The van der Waals surface area contributed by atoms with Crippen molar-refractivity contribution in [2.75, 3.05) is 0 Å². The van der Waals surface area contributed by atoms with Crippen LogP contribution in [0.4, 0.5) is 0 Å². The number of aromatic nitrogens is 2. The van der Waals surface area contributed by atoms with Gasteiger partial charge in [0.25, 0.3) is 0 Å². The summed E-state index contributed by atoms with van der Waals surface area (Å²) >= 11 is 6.33. The average Bonchev–Trinajstić information content (AvgIpc) is 2.73. The van der Waals surface area contributed by atoms with Crippen LogP contribution in [-0.4, -0.2) is 15.6 Å². The molecular formula is C14H18ClN3. The molecule has 1 N–H and O–H groups in total. The molecule has 0 aliphatic heterocycles. The Kier molecular flexibility index (Phi) is 4.04. The first-order valence-electron chi connectivity index (χ1n) is 6.10. The molecule has 0 aliphatic rings. The Hall–Kier alpha value is -1.32. The molecule has 1 heterocycles. The quantitative estimate of drug-likeness (QED) is 0.917. The second kappa shape index (κ2) is 5.55. The Morgan fingerprint density at radius 2 is 2.17 bits per heavy atom. The molecule has 1 aromatic carbocycles. The summed E-state index contributed by atoms with van der Waals surface area (Å²) in [6, 6.07) is 6.61. The number of nitrogens with zero attached hydrogens (tertiary/aromatic N) is 2. The minimum absolute atomic E-state index is 0.472. The second-order valence-corrected chi connectivity index (χ2v) is 5.07. The van der Waals surface area contributed by atoms with Crippen molar-refractivity contribution in [3.8, 4) is 5.69 Å². The lowest BCUT2D eigenvalue weighted by Gasteiger charge is -2.11. The summed E-state index contributed by atoms with van der Waals surface area (Å²) in [5.74, 6) is 0.935. The van der Waals surface area contributed by atoms with Gasteiger partial charge in [-0.3, -0.25) is 0 Å². The standard InChI is InChI=1S/C14H18ClN3/c1-10(2)17-9-12-4-5-14(13(15)8-12)18-7-6-16-11(18)3/h4-8,10,17H,9H2,1-3H3. The first-order chi connectivity index (χ1) is 8.58. The highest BCUT2D eigenvalue weighted by Gasteiger charge is 2.06. The topological polar surface area (TPSA) is 29.9 Å². The highest BCUT2D eigenvalue weighted by molar-refractivity contribution is 6.32. The van der Waals surface area contributed by atoms with E-state index in [0.717, 1.165) is 23.1 Å². The SMILES string of the molecule is Cc1nccn1-c1ccc(CNC(C)C)cc1Cl. The first kappa shape index (κ1) is 13.1. The van der Waals surface area contributed by atoms with Crippen molar-refractivity contribution < 1.29 is 0 Å². The van der Waals surface area contributed by atoms with Gasteiger partial charge >= 0.3 is 0 Å². The van der Waals surface area contributed by atoms with Crippen molar-refractivity contribution in [3.63, 3.8) is 0 Å². The number of benzene rings is 1. The van der Waals surface area contributed by atoms with Crippen LogP contribution in [-0.2, 0) is 6.54 Å². The van der Waals surface area contributed by atoms with Gasteiger partial charge in [-0.25, -0.2) is 4.98 Å². The predicted octanol–water partition coefficient (Wildman–Crippen LogP) is 3.33. The van der Waals surface area contributed by atoms with Gasteiger partial charge in [-0.05, 0) is 24.6 Å². The van der Waals surface area contributed by atoms with E-state index in [0.29, 0.717) is 6.04 Å². The lowest BCUT2D eigenvalue weighted by molar-refractivity contribution is 0.589. The Bertz CT molecular complexity index is 532. The van der Waals surface area contributed by atoms with Crippen molar-refractivity contribution in [2.45, 2.75) is 33.4 Å². The van der Waals surface area contributed by atoms with Crippen molar-refractivity contribution >= 4 is 11.6 Å². The molecule has 0 saturated carbocycles. The molecule has 0 radical (unpaired) electrons. The molecule has 0 unspecified atom stereocenters. The molecule has 0 bridgehead atoms. The van der Waals surface area contributed by atoms with Crippen LogP contribution in [0.5, 0.6) is 0 Å². The molecule has 0 fully saturated rings. The summed E-state index contributed by atoms with van der Waals surface area (Å²) in [5, 5.41) is 4.13. The number of nitrogens with one attached hydrogen (secondary N) is 1. The fourth-order valence-corrected chi connectivity index (χ4v) is 2.10. The van der Waals surface area contributed by atoms with Crippen molar-refractivity contribution in [2.24, 2.45) is 0 Å². The van der Waals surface area contributed by atoms with Crippen LogP contribution in [0.25, 0.3) is 5.69 Å². The Balaban J connectivity index is 2.23. The van der Waals surface area contributed by atoms with E-state index >= 15 is 0 Å². The summed E-state index contributed by atoms with van der Waals surface area (Å²) in [6.07, 6.45) is 3.70. The van der Waals surface area contributed by atoms with E-state index < -0.39 is 0 Å². The Morgan fingerprint density at radius 1 is 1.39 bits per heavy atom. The molecule has 0 aliphatic carbocycles. The Labute approximate surface area is 113 Å². The van der Waals surface area contributed by atoms with E-state index in [4.69, 9.17) is 11.6 Å². The third-order valence-corrected chi connectivity index (χ3v) is 3.11. The Morgan fingerprint density at radius 3 is 2.72 bits per heavy atom. The largest absolute Gasteiger partial charge is 0.310 e. The third-order valence-electron chi connectivity index (χ3n) is 2.81. The maximum atomic E-state index is 6.33. The summed E-state index contributed by atoms with van der Waals surface area (Å²) in [6.45, 7) is 7.06. The number of hydrogen-bond donors (Lipinski definition) is 1. The summed E-state index contributed by atoms with van der Waals surface area (Å²) in [5.41, 5.74) is 2.16. The van der Waals surface area contributed by atoms with E-state index in [1.54, 1.807) is 6.20 Å². The van der Waals surface area contributed by atoms with E-state index in [1.807, 2.05) is 29.8 Å². The molecule has 0 amide bonds. The fraction of sp³-hybridized carbons (Fsp3) is 0.357. The fourth-order valence-electron chi connectivity index (χ4n) is 1.81. The molecule has 4 heteroatoms. The smallest absolute Gasteiger partial charge is 0.110 e. The number of rotatable bonds is 4. The average molecular weight is 264 g/mol. The van der Waals surface area contributed by atoms with Crippen LogP contribution < -0.4 is 5.32 Å². The van der Waals surface area contributed by atoms with Gasteiger partial charge in [-0.1, -0.05) is 31.5 Å². The van der Waals surface area contributed by atoms with E-state index in [2.05, 4.69) is 30.2 Å². The third kappa shape index (κ3) is 2.92. The normalized spacial score (nSPS) is 11.2. The zero-order valence-corrected chi connectivity index (χ0v) is 11.7. The lowest BCUT2D eigenvalue weighted by Crippen LogP contribution is -2.21. The van der Waals surface area contributed by atoms with Gasteiger partial charge < -0.3 is 9.88 Å². The number of aryl methyl sites for hydroxylation is 1. The van der Waals surface area contributed by atoms with Gasteiger partial charge in [0.15, 0.2) is 0 Å². The summed E-state index contributed by atoms with van der Waals surface area (Å²) < 4.78 is 1.99. The number of halogens is 1. The molecule has 96 valence electrons. The molecule has 2 aromatic rings. The summed E-state index contributed by atoms with van der Waals surface area (Å²) in [4.78, 5) is 4.21. The van der Waals surface area contributed by atoms with Crippen molar-refractivity contribution in [1.82, 2.24) is 14.9 Å². The molecule has 0 atom stereocenters. The summed E-state index contributed by atoms with van der Waals surface area (Å²) in [7, 11) is 0. The molecule has 1 aromatic heterocycles. The first-order valence-corrected chi connectivity index (χ1v) is 6.48. The minimum Gasteiger partial charge on any atom is -0.310 e. The second-order valence-electron chi connectivity index (χ2n) is 4.67. The molecule has 2 rings (SSSR count). The lowest BCUT2D eigenvalue weighted by atomic mass is 10.2. The van der Waals surface area contributed by atoms with Gasteiger partial charge in [0.1, 0.15) is 5.82 Å². The van der Waals surface area contributed by atoms with Crippen molar-refractivity contribution in [1.29, 1.82) is 0 Å². The maximum absolute atomic E-state index is 6.33. The maximum Gasteiger partial charge on any atom is 0.110 e. The van der Waals surface area contributed by atoms with Gasteiger partial charge in [-0.2, -0.15) is 0 Å². The monoisotopic (exact) mass is 263 g/mol. The minimum atomic E-state index is 0.472. The van der Waals surface area contributed by atoms with Gasteiger partial charge in [0, 0.05) is 25.0 Å². The van der Waals surface area contributed by atoms with Crippen LogP contribution in [0.2, 0.25) is 5.02 Å². The van der Waals surface area contributed by atoms with Crippen LogP contribution in [0.1, 0.15) is 25.2 Å². The predicted molar refractivity (Wildman–Crippen MR) is 75.3 cm³/mol. The van der Waals surface area contributed by atoms with Crippen LogP contribution in [0, 0.1) is 6.92 Å². The molecule has 0 spiro atoms. The number of hydrogen-bond acceptors (Lipinski definition) is 2. The van der Waals surface area contributed by atoms with Crippen molar-refractivity contribution in [3.05, 3.63) is 47.0 Å². The van der Waals surface area contributed by atoms with E-state index in [1.165, 1.54) is 5.56 Å². The molecule has 0 saturated heterocycles. The van der Waals surface area contributed by atoms with E-state index in [9.17, 15) is 0 Å². The number of imidazole rings is 1. The van der Waals surface area contributed by atoms with Gasteiger partial charge in [0.2, 0.25) is 0 Å². The zero-order valence-electron chi connectivity index (χ0n) is 10.9. The van der Waals surface area contributed by atoms with Crippen LogP contribution >= 0.6 is 11.6 Å². The van der Waals surface area contributed by atoms with Gasteiger partial charge in [-0.15, -0.1) is 0 Å². The highest BCUT2D eigenvalue weighted by Crippen LogP contribution is 2.22. The van der Waals surface area contributed by atoms with Gasteiger partial charge in [0.05, 0.1) is 10.7 Å². The molecule has 3 nitrogen and oxygen atoms in total.